The summed E-state index contributed by atoms with van der Waals surface area (Å²) in [5, 5.41) is 16.0. The molecule has 1 amide bonds. The zero-order valence-electron chi connectivity index (χ0n) is 22.0. The highest BCUT2D eigenvalue weighted by atomic mass is 32.1. The van der Waals surface area contributed by atoms with Crippen molar-refractivity contribution in [2.24, 2.45) is 0 Å². The summed E-state index contributed by atoms with van der Waals surface area (Å²) in [4.78, 5) is 30.9. The van der Waals surface area contributed by atoms with Gasteiger partial charge in [-0.15, -0.1) is 0 Å². The maximum absolute atomic E-state index is 14.1. The van der Waals surface area contributed by atoms with E-state index in [9.17, 15) is 19.1 Å². The molecule has 3 N–H and O–H groups in total. The molecule has 2 atom stereocenters. The molecule has 0 bridgehead atoms. The number of pyridine rings is 1. The first kappa shape index (κ1) is 27.0. The van der Waals surface area contributed by atoms with Gasteiger partial charge in [-0.25, -0.2) is 9.18 Å². The summed E-state index contributed by atoms with van der Waals surface area (Å²) in [5.41, 5.74) is 4.67. The van der Waals surface area contributed by atoms with Crippen LogP contribution in [0.15, 0.2) is 79.0 Å². The predicted octanol–water partition coefficient (Wildman–Crippen LogP) is 5.33. The maximum atomic E-state index is 14.1. The first-order valence-corrected chi connectivity index (χ1v) is 13.2. The number of carbonyl (C=O) groups is 2. The second-order valence-electron chi connectivity index (χ2n) is 9.62. The van der Waals surface area contributed by atoms with Crippen molar-refractivity contribution >= 4 is 34.9 Å². The Morgan fingerprint density at radius 2 is 1.85 bits per heavy atom. The monoisotopic (exact) mass is 557 g/mol. The SMILES string of the molecule is Cc1cc([C@@H]2[C@@H](c3ccccn3)NC(=S)N2CCC(=O)Nc2ccccc2F)c(C)n1-c1cccc(C(=O)O)c1. The van der Waals surface area contributed by atoms with Crippen molar-refractivity contribution in [3.63, 3.8) is 0 Å². The Balaban J connectivity index is 1.49. The fourth-order valence-electron chi connectivity index (χ4n) is 5.24. The molecule has 5 rings (SSSR count). The van der Waals surface area contributed by atoms with Crippen LogP contribution in [0.1, 0.15) is 51.5 Å². The number of amides is 1. The van der Waals surface area contributed by atoms with Gasteiger partial charge in [0.1, 0.15) is 5.82 Å². The Labute approximate surface area is 236 Å². The molecule has 0 aliphatic carbocycles. The van der Waals surface area contributed by atoms with Crippen molar-refractivity contribution in [1.82, 2.24) is 19.8 Å². The number of benzene rings is 2. The quantitative estimate of drug-likeness (QED) is 0.252. The maximum Gasteiger partial charge on any atom is 0.335 e. The van der Waals surface area contributed by atoms with Gasteiger partial charge in [0.05, 0.1) is 29.0 Å². The Hall–Kier alpha value is -4.57. The molecule has 2 aromatic heterocycles. The molecule has 1 aliphatic rings. The summed E-state index contributed by atoms with van der Waals surface area (Å²) in [6.45, 7) is 4.24. The molecule has 3 heterocycles. The number of hydrogen-bond acceptors (Lipinski definition) is 4. The highest BCUT2D eigenvalue weighted by molar-refractivity contribution is 7.80. The molecule has 1 fully saturated rings. The second-order valence-corrected chi connectivity index (χ2v) is 10.0. The van der Waals surface area contributed by atoms with E-state index in [1.165, 1.54) is 12.1 Å². The first-order chi connectivity index (χ1) is 19.2. The number of para-hydroxylation sites is 1. The molecule has 1 aliphatic heterocycles. The number of halogens is 1. The highest BCUT2D eigenvalue weighted by Crippen LogP contribution is 2.41. The molecule has 4 aromatic rings. The molecule has 0 spiro atoms. The number of carbonyl (C=O) groups excluding carboxylic acids is 1. The van der Waals surface area contributed by atoms with Crippen LogP contribution in [0.4, 0.5) is 10.1 Å². The lowest BCUT2D eigenvalue weighted by molar-refractivity contribution is -0.116. The van der Waals surface area contributed by atoms with Crippen LogP contribution in [0.25, 0.3) is 5.69 Å². The second kappa shape index (κ2) is 11.3. The standard InChI is InChI=1S/C30H28FN5O3S/c1-18-16-22(19(2)36(18)21-9-7-8-20(17-21)29(38)39)28-27(25-12-5-6-14-32-25)34-30(40)35(28)15-13-26(37)33-24-11-4-3-10-23(24)31/h3-12,14,16-17,27-28H,13,15H2,1-2H3,(H,33,37)(H,34,40)(H,38,39)/t27-,28-/m1/s1. The van der Waals surface area contributed by atoms with Crippen molar-refractivity contribution in [2.75, 3.05) is 11.9 Å². The average molecular weight is 558 g/mol. The molecule has 2 aromatic carbocycles. The van der Waals surface area contributed by atoms with E-state index in [1.54, 1.807) is 36.5 Å². The highest BCUT2D eigenvalue weighted by Gasteiger charge is 2.41. The van der Waals surface area contributed by atoms with E-state index >= 15 is 0 Å². The minimum atomic E-state index is -0.995. The average Bonchev–Trinajstić information content (AvgIpc) is 3.43. The summed E-state index contributed by atoms with van der Waals surface area (Å²) >= 11 is 5.74. The van der Waals surface area contributed by atoms with Crippen LogP contribution in [-0.2, 0) is 4.79 Å². The molecular formula is C30H28FN5O3S. The van der Waals surface area contributed by atoms with Crippen LogP contribution >= 0.6 is 12.2 Å². The van der Waals surface area contributed by atoms with Gasteiger partial charge in [0.25, 0.3) is 0 Å². The van der Waals surface area contributed by atoms with Crippen LogP contribution in [-0.4, -0.2) is 43.1 Å². The number of hydrogen-bond donors (Lipinski definition) is 3. The third kappa shape index (κ3) is 5.30. The number of rotatable bonds is 8. The van der Waals surface area contributed by atoms with E-state index in [4.69, 9.17) is 12.2 Å². The number of aryl methyl sites for hydroxylation is 1. The summed E-state index contributed by atoms with van der Waals surface area (Å²) < 4.78 is 16.1. The lowest BCUT2D eigenvalue weighted by atomic mass is 9.96. The number of anilines is 1. The van der Waals surface area contributed by atoms with E-state index in [0.29, 0.717) is 5.11 Å². The van der Waals surface area contributed by atoms with Crippen molar-refractivity contribution in [1.29, 1.82) is 0 Å². The van der Waals surface area contributed by atoms with Crippen LogP contribution in [0.5, 0.6) is 0 Å². The lowest BCUT2D eigenvalue weighted by Gasteiger charge is -2.28. The number of nitrogens with one attached hydrogen (secondary N) is 2. The molecule has 10 heteroatoms. The van der Waals surface area contributed by atoms with Gasteiger partial charge in [0, 0.05) is 36.2 Å². The number of aromatic nitrogens is 2. The van der Waals surface area contributed by atoms with Gasteiger partial charge in [-0.05, 0) is 80.2 Å². The van der Waals surface area contributed by atoms with Crippen molar-refractivity contribution in [3.8, 4) is 5.69 Å². The van der Waals surface area contributed by atoms with Gasteiger partial charge in [-0.1, -0.05) is 24.3 Å². The minimum Gasteiger partial charge on any atom is -0.478 e. The van der Waals surface area contributed by atoms with Crippen LogP contribution in [0, 0.1) is 19.7 Å². The summed E-state index contributed by atoms with van der Waals surface area (Å²) in [5.74, 6) is -1.82. The Bertz CT molecular complexity index is 1590. The molecule has 0 radical (unpaired) electrons. The fourth-order valence-corrected chi connectivity index (χ4v) is 5.58. The fraction of sp³-hybridized carbons (Fsp3) is 0.200. The van der Waals surface area contributed by atoms with Gasteiger partial charge < -0.3 is 25.2 Å². The van der Waals surface area contributed by atoms with Crippen LogP contribution in [0.3, 0.4) is 0 Å². The van der Waals surface area contributed by atoms with Gasteiger partial charge in [0.15, 0.2) is 5.11 Å². The summed E-state index contributed by atoms with van der Waals surface area (Å²) in [6, 6.07) is 20.0. The smallest absolute Gasteiger partial charge is 0.335 e. The van der Waals surface area contributed by atoms with Gasteiger partial charge in [0.2, 0.25) is 5.91 Å². The molecule has 0 saturated carbocycles. The Kier molecular flexibility index (Phi) is 7.61. The summed E-state index contributed by atoms with van der Waals surface area (Å²) in [6.07, 6.45) is 1.81. The number of carboxylic acids is 1. The molecule has 1 saturated heterocycles. The van der Waals surface area contributed by atoms with Crippen molar-refractivity contribution < 1.29 is 19.1 Å². The van der Waals surface area contributed by atoms with E-state index in [-0.39, 0.29) is 42.2 Å². The largest absolute Gasteiger partial charge is 0.478 e. The van der Waals surface area contributed by atoms with E-state index in [2.05, 4.69) is 21.7 Å². The van der Waals surface area contributed by atoms with Crippen molar-refractivity contribution in [3.05, 3.63) is 113 Å². The van der Waals surface area contributed by atoms with Gasteiger partial charge >= 0.3 is 5.97 Å². The van der Waals surface area contributed by atoms with Gasteiger partial charge in [-0.3, -0.25) is 9.78 Å². The number of thiocarbonyl (C=S) groups is 1. The number of nitrogens with zero attached hydrogens (tertiary/aromatic N) is 3. The van der Waals surface area contributed by atoms with E-state index < -0.39 is 11.8 Å². The summed E-state index contributed by atoms with van der Waals surface area (Å²) in [7, 11) is 0. The molecule has 40 heavy (non-hydrogen) atoms. The Morgan fingerprint density at radius 1 is 1.07 bits per heavy atom. The first-order valence-electron chi connectivity index (χ1n) is 12.8. The van der Waals surface area contributed by atoms with Crippen molar-refractivity contribution in [2.45, 2.75) is 32.4 Å². The van der Waals surface area contributed by atoms with Crippen LogP contribution in [0.2, 0.25) is 0 Å². The molecule has 0 unspecified atom stereocenters. The topological polar surface area (TPSA) is 99.5 Å². The van der Waals surface area contributed by atoms with E-state index in [0.717, 1.165) is 28.3 Å². The normalized spacial score (nSPS) is 16.6. The molecular weight excluding hydrogens is 529 g/mol. The third-order valence-corrected chi connectivity index (χ3v) is 7.42. The zero-order valence-corrected chi connectivity index (χ0v) is 22.8. The van der Waals surface area contributed by atoms with Gasteiger partial charge in [-0.2, -0.15) is 0 Å². The molecule has 8 nitrogen and oxygen atoms in total. The number of aromatic carboxylic acids is 1. The molecule has 204 valence electrons. The third-order valence-electron chi connectivity index (χ3n) is 7.07. The van der Waals surface area contributed by atoms with E-state index in [1.807, 2.05) is 47.6 Å². The lowest BCUT2D eigenvalue weighted by Crippen LogP contribution is -2.33. The predicted molar refractivity (Wildman–Crippen MR) is 154 cm³/mol. The zero-order chi connectivity index (χ0) is 28.4. The minimum absolute atomic E-state index is 0.0843. The number of carboxylic acid groups (broad SMARTS) is 1. The Morgan fingerprint density at radius 3 is 2.58 bits per heavy atom. The van der Waals surface area contributed by atoms with Crippen LogP contribution < -0.4 is 10.6 Å².